The lowest BCUT2D eigenvalue weighted by Gasteiger charge is -2.05. The quantitative estimate of drug-likeness (QED) is 0.759. The van der Waals surface area contributed by atoms with Gasteiger partial charge in [0, 0.05) is 6.42 Å². The lowest BCUT2D eigenvalue weighted by atomic mass is 10.2. The van der Waals surface area contributed by atoms with E-state index in [1.54, 1.807) is 12.1 Å². The van der Waals surface area contributed by atoms with Gasteiger partial charge in [-0.05, 0) is 18.1 Å². The summed E-state index contributed by atoms with van der Waals surface area (Å²) in [6.07, 6.45) is 0.778. The highest BCUT2D eigenvalue weighted by Gasteiger charge is 2.10. The number of aryl methyl sites for hydroxylation is 1. The fraction of sp³-hybridized carbons (Fsp3) is 0.545. The third-order valence-corrected chi connectivity index (χ3v) is 1.82. The van der Waals surface area contributed by atoms with Crippen molar-refractivity contribution in [1.82, 2.24) is 5.48 Å². The van der Waals surface area contributed by atoms with Gasteiger partial charge >= 0.3 is 5.91 Å². The molecule has 0 aliphatic heterocycles. The Morgan fingerprint density at radius 3 is 2.80 bits per heavy atom. The minimum atomic E-state index is -0.338. The van der Waals surface area contributed by atoms with Gasteiger partial charge in [-0.25, -0.2) is 5.48 Å². The number of nitrogens with one attached hydrogen (secondary N) is 1. The number of furan rings is 1. The van der Waals surface area contributed by atoms with Crippen LogP contribution in [0.15, 0.2) is 16.5 Å². The molecule has 0 saturated heterocycles. The highest BCUT2D eigenvalue weighted by atomic mass is 16.7. The molecule has 0 radical (unpaired) electrons. The van der Waals surface area contributed by atoms with Crippen molar-refractivity contribution in [2.24, 2.45) is 5.92 Å². The third-order valence-electron chi connectivity index (χ3n) is 1.82. The maximum Gasteiger partial charge on any atom is 0.310 e. The molecule has 4 nitrogen and oxygen atoms in total. The molecule has 0 atom stereocenters. The van der Waals surface area contributed by atoms with Crippen molar-refractivity contribution in [3.8, 4) is 0 Å². The molecule has 15 heavy (non-hydrogen) atoms. The summed E-state index contributed by atoms with van der Waals surface area (Å²) >= 11 is 0. The Bertz CT molecular complexity index is 317. The van der Waals surface area contributed by atoms with Crippen molar-refractivity contribution in [2.45, 2.75) is 27.2 Å². The van der Waals surface area contributed by atoms with E-state index in [4.69, 9.17) is 9.25 Å². The van der Waals surface area contributed by atoms with E-state index in [9.17, 15) is 4.79 Å². The van der Waals surface area contributed by atoms with E-state index >= 15 is 0 Å². The maximum absolute atomic E-state index is 11.4. The third kappa shape index (κ3) is 3.75. The van der Waals surface area contributed by atoms with Crippen molar-refractivity contribution in [3.05, 3.63) is 23.7 Å². The van der Waals surface area contributed by atoms with Crippen LogP contribution in [-0.2, 0) is 11.3 Å². The van der Waals surface area contributed by atoms with Crippen LogP contribution in [0.5, 0.6) is 0 Å². The Labute approximate surface area is 89.6 Å². The van der Waals surface area contributed by atoms with E-state index < -0.39 is 0 Å². The molecule has 1 aromatic heterocycles. The summed E-state index contributed by atoms with van der Waals surface area (Å²) in [5, 5.41) is 0. The summed E-state index contributed by atoms with van der Waals surface area (Å²) in [6, 6.07) is 3.43. The summed E-state index contributed by atoms with van der Waals surface area (Å²) in [5.41, 5.74) is 2.34. The van der Waals surface area contributed by atoms with Crippen LogP contribution in [0.3, 0.4) is 0 Å². The van der Waals surface area contributed by atoms with Crippen LogP contribution < -0.4 is 5.48 Å². The van der Waals surface area contributed by atoms with Gasteiger partial charge in [-0.15, -0.1) is 0 Å². The first-order valence-corrected chi connectivity index (χ1v) is 5.14. The highest BCUT2D eigenvalue weighted by molar-refractivity contribution is 5.90. The van der Waals surface area contributed by atoms with Crippen LogP contribution in [0, 0.1) is 5.92 Å². The number of rotatable bonds is 5. The molecule has 1 N–H and O–H groups in total. The lowest BCUT2D eigenvalue weighted by Crippen LogP contribution is -2.25. The van der Waals surface area contributed by atoms with Crippen molar-refractivity contribution in [1.29, 1.82) is 0 Å². The first-order valence-electron chi connectivity index (χ1n) is 5.14. The van der Waals surface area contributed by atoms with Gasteiger partial charge in [0.1, 0.15) is 5.76 Å². The summed E-state index contributed by atoms with van der Waals surface area (Å²) < 4.78 is 5.26. The summed E-state index contributed by atoms with van der Waals surface area (Å²) in [6.45, 7) is 6.48. The first-order chi connectivity index (χ1) is 7.13. The molecule has 0 saturated carbocycles. The van der Waals surface area contributed by atoms with Crippen LogP contribution in [0.25, 0.3) is 0 Å². The minimum Gasteiger partial charge on any atom is -0.456 e. The summed E-state index contributed by atoms with van der Waals surface area (Å²) in [5.74, 6) is 1.13. The second-order valence-electron chi connectivity index (χ2n) is 3.76. The fourth-order valence-corrected chi connectivity index (χ4v) is 1.01. The van der Waals surface area contributed by atoms with Crippen LogP contribution >= 0.6 is 0 Å². The van der Waals surface area contributed by atoms with Crippen molar-refractivity contribution < 1.29 is 14.0 Å². The molecule has 0 spiro atoms. The zero-order valence-corrected chi connectivity index (χ0v) is 9.37. The average molecular weight is 211 g/mol. The van der Waals surface area contributed by atoms with Crippen molar-refractivity contribution >= 4 is 5.91 Å². The maximum atomic E-state index is 11.4. The smallest absolute Gasteiger partial charge is 0.310 e. The SMILES string of the molecule is CCc1ccc(C(=O)NOCC(C)C)o1. The molecule has 4 heteroatoms. The largest absolute Gasteiger partial charge is 0.456 e. The molecule has 0 unspecified atom stereocenters. The van der Waals surface area contributed by atoms with Gasteiger partial charge in [0.2, 0.25) is 0 Å². The topological polar surface area (TPSA) is 51.5 Å². The van der Waals surface area contributed by atoms with Crippen LogP contribution in [0.1, 0.15) is 37.1 Å². The second kappa shape index (κ2) is 5.56. The normalized spacial score (nSPS) is 10.7. The Hall–Kier alpha value is -1.29. The number of amides is 1. The predicted molar refractivity (Wildman–Crippen MR) is 56.3 cm³/mol. The van der Waals surface area contributed by atoms with Gasteiger partial charge in [0.05, 0.1) is 6.61 Å². The summed E-state index contributed by atoms with van der Waals surface area (Å²) in [4.78, 5) is 16.4. The van der Waals surface area contributed by atoms with E-state index in [2.05, 4.69) is 5.48 Å². The van der Waals surface area contributed by atoms with Gasteiger partial charge in [-0.3, -0.25) is 9.63 Å². The average Bonchev–Trinajstić information content (AvgIpc) is 2.65. The molecule has 0 aliphatic rings. The molecule has 0 bridgehead atoms. The van der Waals surface area contributed by atoms with Crippen molar-refractivity contribution in [2.75, 3.05) is 6.61 Å². The molecule has 1 aromatic rings. The van der Waals surface area contributed by atoms with Gasteiger partial charge in [-0.1, -0.05) is 20.8 Å². The fourth-order valence-electron chi connectivity index (χ4n) is 1.01. The standard InChI is InChI=1S/C11H17NO3/c1-4-9-5-6-10(15-9)11(13)12-14-7-8(2)3/h5-6,8H,4,7H2,1-3H3,(H,12,13). The Balaban J connectivity index is 2.40. The first kappa shape index (κ1) is 11.8. The number of hydroxylamine groups is 1. The monoisotopic (exact) mass is 211 g/mol. The number of hydrogen-bond donors (Lipinski definition) is 1. The Kier molecular flexibility index (Phi) is 4.37. The highest BCUT2D eigenvalue weighted by Crippen LogP contribution is 2.08. The van der Waals surface area contributed by atoms with E-state index in [1.165, 1.54) is 0 Å². The number of hydrogen-bond acceptors (Lipinski definition) is 3. The molecule has 0 fully saturated rings. The van der Waals surface area contributed by atoms with Gasteiger partial charge < -0.3 is 4.42 Å². The molecule has 0 aromatic carbocycles. The Morgan fingerprint density at radius 2 is 2.27 bits per heavy atom. The number of carbonyl (C=O) groups is 1. The van der Waals surface area contributed by atoms with Crippen LogP contribution in [0.2, 0.25) is 0 Å². The predicted octanol–water partition coefficient (Wildman–Crippen LogP) is 2.16. The molecule has 84 valence electrons. The zero-order chi connectivity index (χ0) is 11.3. The molecule has 1 heterocycles. The molecular weight excluding hydrogens is 194 g/mol. The Morgan fingerprint density at radius 1 is 1.53 bits per heavy atom. The van der Waals surface area contributed by atoms with Gasteiger partial charge in [0.25, 0.3) is 0 Å². The van der Waals surface area contributed by atoms with Gasteiger partial charge in [0.15, 0.2) is 5.76 Å². The zero-order valence-electron chi connectivity index (χ0n) is 9.37. The second-order valence-corrected chi connectivity index (χ2v) is 3.76. The van der Waals surface area contributed by atoms with Crippen LogP contribution in [0.4, 0.5) is 0 Å². The minimum absolute atomic E-state index is 0.288. The van der Waals surface area contributed by atoms with Crippen LogP contribution in [-0.4, -0.2) is 12.5 Å². The van der Waals surface area contributed by atoms with E-state index in [1.807, 2.05) is 20.8 Å². The summed E-state index contributed by atoms with van der Waals surface area (Å²) in [7, 11) is 0. The van der Waals surface area contributed by atoms with E-state index in [-0.39, 0.29) is 11.7 Å². The van der Waals surface area contributed by atoms with E-state index in [0.717, 1.165) is 12.2 Å². The number of carbonyl (C=O) groups excluding carboxylic acids is 1. The molecule has 1 amide bonds. The molecule has 1 rings (SSSR count). The molecule has 0 aliphatic carbocycles. The van der Waals surface area contributed by atoms with Gasteiger partial charge in [-0.2, -0.15) is 0 Å². The lowest BCUT2D eigenvalue weighted by molar-refractivity contribution is 0.0188. The van der Waals surface area contributed by atoms with Crippen molar-refractivity contribution in [3.63, 3.8) is 0 Å². The molecular formula is C11H17NO3. The van der Waals surface area contributed by atoms with E-state index in [0.29, 0.717) is 12.5 Å².